The van der Waals surface area contributed by atoms with Crippen molar-refractivity contribution < 1.29 is 24.9 Å². The van der Waals surface area contributed by atoms with Crippen LogP contribution in [0, 0.1) is 22.7 Å². The number of fused-ring (bicyclic) bond motifs is 5. The highest BCUT2D eigenvalue weighted by Gasteiger charge is 2.68. The van der Waals surface area contributed by atoms with Gasteiger partial charge in [-0.1, -0.05) is 30.2 Å². The summed E-state index contributed by atoms with van der Waals surface area (Å²) in [5.74, 6) is -0.569. The number of aliphatic hydroxyl groups excluding tert-OH is 2. The monoisotopic (exact) mass is 358 g/mol. The van der Waals surface area contributed by atoms with E-state index in [1.807, 2.05) is 13.0 Å². The number of hydrogen-bond donors (Lipinski definition) is 3. The van der Waals surface area contributed by atoms with Crippen LogP contribution in [-0.2, 0) is 9.59 Å². The Labute approximate surface area is 153 Å². The molecule has 4 aliphatic carbocycles. The van der Waals surface area contributed by atoms with E-state index < -0.39 is 29.5 Å². The molecule has 0 aromatic heterocycles. The van der Waals surface area contributed by atoms with Gasteiger partial charge in [0.25, 0.3) is 0 Å². The molecule has 2 fully saturated rings. The van der Waals surface area contributed by atoms with Crippen molar-refractivity contribution in [3.05, 3.63) is 35.5 Å². The lowest BCUT2D eigenvalue weighted by atomic mass is 9.51. The fourth-order valence-electron chi connectivity index (χ4n) is 6.17. The highest BCUT2D eigenvalue weighted by molar-refractivity contribution is 6.01. The van der Waals surface area contributed by atoms with Gasteiger partial charge in [-0.05, 0) is 56.6 Å². The van der Waals surface area contributed by atoms with E-state index in [9.17, 15) is 24.9 Å². The molecule has 0 amide bonds. The predicted octanol–water partition coefficient (Wildman–Crippen LogP) is 1.48. The Morgan fingerprint density at radius 2 is 2.08 bits per heavy atom. The molecule has 4 rings (SSSR count). The van der Waals surface area contributed by atoms with Crippen molar-refractivity contribution in [2.24, 2.45) is 22.7 Å². The molecule has 26 heavy (non-hydrogen) atoms. The Morgan fingerprint density at radius 1 is 1.35 bits per heavy atom. The number of rotatable bonds is 2. The van der Waals surface area contributed by atoms with Gasteiger partial charge in [0.05, 0.1) is 6.10 Å². The number of allylic oxidation sites excluding steroid dienone is 6. The summed E-state index contributed by atoms with van der Waals surface area (Å²) in [6.07, 6.45) is 8.71. The van der Waals surface area contributed by atoms with Crippen molar-refractivity contribution in [3.63, 3.8) is 0 Å². The summed E-state index contributed by atoms with van der Waals surface area (Å²) in [4.78, 5) is 24.1. The molecule has 0 radical (unpaired) electrons. The number of ketones is 2. The second-order valence-electron chi connectivity index (χ2n) is 8.74. The first kappa shape index (κ1) is 17.8. The molecule has 5 nitrogen and oxygen atoms in total. The zero-order valence-corrected chi connectivity index (χ0v) is 15.2. The third kappa shape index (κ3) is 1.97. The minimum Gasteiger partial charge on any atom is -0.390 e. The van der Waals surface area contributed by atoms with Crippen LogP contribution in [0.5, 0.6) is 0 Å². The van der Waals surface area contributed by atoms with Gasteiger partial charge in [0.1, 0.15) is 6.61 Å². The quantitative estimate of drug-likeness (QED) is 0.650. The van der Waals surface area contributed by atoms with Crippen molar-refractivity contribution in [2.45, 2.75) is 51.2 Å². The summed E-state index contributed by atoms with van der Waals surface area (Å²) in [5, 5.41) is 31.1. The molecule has 140 valence electrons. The Kier molecular flexibility index (Phi) is 3.75. The van der Waals surface area contributed by atoms with Crippen LogP contribution in [0.1, 0.15) is 39.5 Å². The molecule has 0 saturated heterocycles. The summed E-state index contributed by atoms with van der Waals surface area (Å²) < 4.78 is 0. The van der Waals surface area contributed by atoms with Gasteiger partial charge in [-0.3, -0.25) is 9.59 Å². The van der Waals surface area contributed by atoms with E-state index in [1.54, 1.807) is 12.2 Å². The minimum atomic E-state index is -1.91. The molecule has 0 heterocycles. The second-order valence-corrected chi connectivity index (χ2v) is 8.74. The molecule has 5 heteroatoms. The highest BCUT2D eigenvalue weighted by atomic mass is 16.4. The first-order valence-corrected chi connectivity index (χ1v) is 9.38. The third-order valence-electron chi connectivity index (χ3n) is 7.74. The lowest BCUT2D eigenvalue weighted by molar-refractivity contribution is -0.169. The second kappa shape index (κ2) is 5.47. The van der Waals surface area contributed by atoms with Crippen LogP contribution in [0.25, 0.3) is 0 Å². The largest absolute Gasteiger partial charge is 0.390 e. The SMILES string of the molecule is C[C@]12C=CC(=O)C=C1CC[C@@H]1C2=CC[C@@]2(C)[C@H]1C[C@@H](O)[C@]2(O)C(=O)CO. The summed E-state index contributed by atoms with van der Waals surface area (Å²) in [7, 11) is 0. The van der Waals surface area contributed by atoms with Gasteiger partial charge in [0.15, 0.2) is 17.2 Å². The molecule has 0 bridgehead atoms. The molecular weight excluding hydrogens is 332 g/mol. The Hall–Kier alpha value is -1.56. The smallest absolute Gasteiger partial charge is 0.192 e. The van der Waals surface area contributed by atoms with Gasteiger partial charge in [0.2, 0.25) is 0 Å². The van der Waals surface area contributed by atoms with E-state index >= 15 is 0 Å². The third-order valence-corrected chi connectivity index (χ3v) is 7.74. The van der Waals surface area contributed by atoms with Gasteiger partial charge in [-0.15, -0.1) is 0 Å². The maximum absolute atomic E-state index is 12.4. The maximum atomic E-state index is 12.4. The Bertz CT molecular complexity index is 777. The van der Waals surface area contributed by atoms with Gasteiger partial charge in [-0.25, -0.2) is 0 Å². The molecule has 0 unspecified atom stereocenters. The van der Waals surface area contributed by atoms with E-state index in [2.05, 4.69) is 13.0 Å². The molecule has 2 saturated carbocycles. The fraction of sp³-hybridized carbons (Fsp3) is 0.619. The molecular formula is C21H26O5. The van der Waals surface area contributed by atoms with E-state index in [0.29, 0.717) is 12.8 Å². The summed E-state index contributed by atoms with van der Waals surface area (Å²) >= 11 is 0. The van der Waals surface area contributed by atoms with Crippen LogP contribution < -0.4 is 0 Å². The zero-order chi connectivity index (χ0) is 18.9. The summed E-state index contributed by atoms with van der Waals surface area (Å²) in [6.45, 7) is 3.22. The van der Waals surface area contributed by atoms with Crippen LogP contribution in [0.15, 0.2) is 35.5 Å². The fourth-order valence-corrected chi connectivity index (χ4v) is 6.17. The zero-order valence-electron chi connectivity index (χ0n) is 15.2. The topological polar surface area (TPSA) is 94.8 Å². The van der Waals surface area contributed by atoms with Crippen molar-refractivity contribution in [1.29, 1.82) is 0 Å². The van der Waals surface area contributed by atoms with Gasteiger partial charge >= 0.3 is 0 Å². The number of aliphatic hydroxyl groups is 3. The van der Waals surface area contributed by atoms with Crippen molar-refractivity contribution in [3.8, 4) is 0 Å². The summed E-state index contributed by atoms with van der Waals surface area (Å²) in [6, 6.07) is 0. The average molecular weight is 358 g/mol. The molecule has 3 N–H and O–H groups in total. The van der Waals surface area contributed by atoms with E-state index in [-0.39, 0.29) is 23.0 Å². The average Bonchev–Trinajstić information content (AvgIpc) is 2.83. The van der Waals surface area contributed by atoms with Gasteiger partial charge < -0.3 is 15.3 Å². The maximum Gasteiger partial charge on any atom is 0.192 e. The Morgan fingerprint density at radius 3 is 2.77 bits per heavy atom. The summed E-state index contributed by atoms with van der Waals surface area (Å²) in [5.41, 5.74) is -0.661. The highest BCUT2D eigenvalue weighted by Crippen LogP contribution is 2.65. The van der Waals surface area contributed by atoms with Crippen molar-refractivity contribution in [2.75, 3.05) is 6.61 Å². The predicted molar refractivity (Wildman–Crippen MR) is 95.0 cm³/mol. The number of carbonyl (C=O) groups excluding carboxylic acids is 2. The normalized spacial score (nSPS) is 46.8. The van der Waals surface area contributed by atoms with Crippen molar-refractivity contribution in [1.82, 2.24) is 0 Å². The molecule has 0 spiro atoms. The van der Waals surface area contributed by atoms with Crippen LogP contribution in [0.4, 0.5) is 0 Å². The Balaban J connectivity index is 1.79. The van der Waals surface area contributed by atoms with E-state index in [0.717, 1.165) is 18.4 Å². The van der Waals surface area contributed by atoms with Crippen LogP contribution in [0.3, 0.4) is 0 Å². The van der Waals surface area contributed by atoms with Crippen LogP contribution in [-0.4, -0.2) is 45.2 Å². The van der Waals surface area contributed by atoms with Gasteiger partial charge in [-0.2, -0.15) is 0 Å². The molecule has 0 aromatic rings. The number of hydrogen-bond acceptors (Lipinski definition) is 5. The molecule has 4 aliphatic rings. The lowest BCUT2D eigenvalue weighted by Crippen LogP contribution is -2.59. The first-order chi connectivity index (χ1) is 12.2. The first-order valence-electron chi connectivity index (χ1n) is 9.38. The van der Waals surface area contributed by atoms with Gasteiger partial charge in [0, 0.05) is 10.8 Å². The molecule has 0 aliphatic heterocycles. The van der Waals surface area contributed by atoms with Crippen molar-refractivity contribution >= 4 is 11.6 Å². The van der Waals surface area contributed by atoms with E-state index in [1.165, 1.54) is 5.57 Å². The van der Waals surface area contributed by atoms with Crippen LogP contribution >= 0.6 is 0 Å². The molecule has 6 atom stereocenters. The number of carbonyl (C=O) groups is 2. The number of Topliss-reactive ketones (excluding diaryl/α,β-unsaturated/α-hetero) is 1. The lowest BCUT2D eigenvalue weighted by Gasteiger charge is -2.53. The van der Waals surface area contributed by atoms with E-state index in [4.69, 9.17) is 0 Å². The standard InChI is InChI=1S/C21H26O5/c1-19-7-5-13(23)9-12(19)3-4-14-15(19)6-8-20(2)16(14)10-17(24)21(20,26)18(25)11-22/h5-7,9,14,16-17,22,24,26H,3-4,8,10-11H2,1-2H3/t14-,16+,17-,19+,20+,21+/m1/s1. The minimum absolute atomic E-state index is 0.0244. The van der Waals surface area contributed by atoms with Crippen LogP contribution in [0.2, 0.25) is 0 Å². The molecule has 0 aromatic carbocycles.